The van der Waals surface area contributed by atoms with Crippen LogP contribution in [0.25, 0.3) is 0 Å². The minimum absolute atomic E-state index is 0.781. The van der Waals surface area contributed by atoms with Crippen LogP contribution < -0.4 is 5.32 Å². The fourth-order valence-electron chi connectivity index (χ4n) is 1.77. The van der Waals surface area contributed by atoms with E-state index >= 15 is 0 Å². The summed E-state index contributed by atoms with van der Waals surface area (Å²) in [5, 5.41) is 12.2. The van der Waals surface area contributed by atoms with Crippen molar-refractivity contribution in [2.24, 2.45) is 5.92 Å². The van der Waals surface area contributed by atoms with Gasteiger partial charge in [0, 0.05) is 6.54 Å². The third-order valence-corrected chi connectivity index (χ3v) is 4.09. The van der Waals surface area contributed by atoms with Gasteiger partial charge in [-0.1, -0.05) is 11.3 Å². The van der Waals surface area contributed by atoms with Crippen molar-refractivity contribution in [2.75, 3.05) is 32.0 Å². The molecular formula is C9H15BrN4S. The second-order valence-electron chi connectivity index (χ2n) is 3.99. The van der Waals surface area contributed by atoms with Crippen molar-refractivity contribution in [3.8, 4) is 0 Å². The zero-order valence-electron chi connectivity index (χ0n) is 8.74. The van der Waals surface area contributed by atoms with Crippen molar-refractivity contribution in [3.63, 3.8) is 0 Å². The lowest BCUT2D eigenvalue weighted by Crippen LogP contribution is -2.32. The zero-order valence-corrected chi connectivity index (χ0v) is 11.1. The van der Waals surface area contributed by atoms with Gasteiger partial charge in [0.15, 0.2) is 3.92 Å². The molecule has 0 aromatic carbocycles. The van der Waals surface area contributed by atoms with E-state index in [0.717, 1.165) is 21.5 Å². The molecule has 1 saturated heterocycles. The van der Waals surface area contributed by atoms with Gasteiger partial charge in [0.1, 0.15) is 0 Å². The molecule has 0 bridgehead atoms. The van der Waals surface area contributed by atoms with Crippen LogP contribution >= 0.6 is 27.3 Å². The van der Waals surface area contributed by atoms with E-state index in [2.05, 4.69) is 43.4 Å². The van der Waals surface area contributed by atoms with Gasteiger partial charge < -0.3 is 10.2 Å². The number of nitrogens with zero attached hydrogens (tertiary/aromatic N) is 3. The van der Waals surface area contributed by atoms with E-state index in [1.165, 1.54) is 25.9 Å². The lowest BCUT2D eigenvalue weighted by Gasteiger charge is -2.28. The highest BCUT2D eigenvalue weighted by Crippen LogP contribution is 2.22. The molecule has 0 atom stereocenters. The monoisotopic (exact) mass is 290 g/mol. The normalized spacial score (nSPS) is 19.3. The van der Waals surface area contributed by atoms with Gasteiger partial charge in [-0.25, -0.2) is 0 Å². The molecular weight excluding hydrogens is 276 g/mol. The Labute approximate surface area is 102 Å². The zero-order chi connectivity index (χ0) is 10.7. The molecule has 1 fully saturated rings. The van der Waals surface area contributed by atoms with E-state index in [9.17, 15) is 0 Å². The van der Waals surface area contributed by atoms with Crippen LogP contribution in [0.5, 0.6) is 0 Å². The van der Waals surface area contributed by atoms with Crippen LogP contribution in [0.3, 0.4) is 0 Å². The maximum Gasteiger partial charge on any atom is 0.206 e. The number of hydrogen-bond acceptors (Lipinski definition) is 5. The highest BCUT2D eigenvalue weighted by atomic mass is 79.9. The van der Waals surface area contributed by atoms with Gasteiger partial charge >= 0.3 is 0 Å². The summed E-state index contributed by atoms with van der Waals surface area (Å²) in [5.74, 6) is 0.781. The molecule has 4 nitrogen and oxygen atoms in total. The summed E-state index contributed by atoms with van der Waals surface area (Å²) in [6, 6.07) is 0. The van der Waals surface area contributed by atoms with Gasteiger partial charge in [0.25, 0.3) is 0 Å². The number of aromatic nitrogens is 2. The SMILES string of the molecule is CN1CCC(CNc2nnc(Br)s2)CC1. The molecule has 15 heavy (non-hydrogen) atoms. The summed E-state index contributed by atoms with van der Waals surface area (Å²) in [6.45, 7) is 3.45. The smallest absolute Gasteiger partial charge is 0.206 e. The first-order valence-electron chi connectivity index (χ1n) is 5.15. The molecule has 1 aromatic heterocycles. The third kappa shape index (κ3) is 3.39. The minimum atomic E-state index is 0.781. The Balaban J connectivity index is 1.74. The average molecular weight is 291 g/mol. The number of piperidine rings is 1. The Morgan fingerprint density at radius 1 is 1.47 bits per heavy atom. The van der Waals surface area contributed by atoms with Crippen LogP contribution in [0.2, 0.25) is 0 Å². The summed E-state index contributed by atoms with van der Waals surface area (Å²) < 4.78 is 0.841. The predicted molar refractivity (Wildman–Crippen MR) is 66.3 cm³/mol. The topological polar surface area (TPSA) is 41.0 Å². The molecule has 0 saturated carbocycles. The molecule has 0 unspecified atom stereocenters. The first kappa shape index (κ1) is 11.3. The van der Waals surface area contributed by atoms with Gasteiger partial charge in [0.05, 0.1) is 0 Å². The van der Waals surface area contributed by atoms with Crippen LogP contribution in [-0.4, -0.2) is 41.8 Å². The second kappa shape index (κ2) is 5.23. The summed E-state index contributed by atoms with van der Waals surface area (Å²) in [4.78, 5) is 2.39. The number of halogens is 1. The number of nitrogens with one attached hydrogen (secondary N) is 1. The molecule has 2 rings (SSSR count). The molecule has 0 spiro atoms. The van der Waals surface area contributed by atoms with Crippen molar-refractivity contribution in [1.29, 1.82) is 0 Å². The van der Waals surface area contributed by atoms with Crippen LogP contribution in [0.15, 0.2) is 3.92 Å². The number of hydrogen-bond donors (Lipinski definition) is 1. The number of anilines is 1. The maximum atomic E-state index is 4.02. The average Bonchev–Trinajstić information content (AvgIpc) is 2.64. The van der Waals surface area contributed by atoms with E-state index < -0.39 is 0 Å². The molecule has 2 heterocycles. The standard InChI is InChI=1S/C9H15BrN4S/c1-14-4-2-7(3-5-14)6-11-9-13-12-8(10)15-9/h7H,2-6H2,1H3,(H,11,13). The minimum Gasteiger partial charge on any atom is -0.360 e. The van der Waals surface area contributed by atoms with Crippen molar-refractivity contribution >= 4 is 32.4 Å². The largest absolute Gasteiger partial charge is 0.360 e. The highest BCUT2D eigenvalue weighted by Gasteiger charge is 2.16. The van der Waals surface area contributed by atoms with Crippen molar-refractivity contribution < 1.29 is 0 Å². The maximum absolute atomic E-state index is 4.02. The lowest BCUT2D eigenvalue weighted by molar-refractivity contribution is 0.226. The van der Waals surface area contributed by atoms with E-state index in [4.69, 9.17) is 0 Å². The second-order valence-corrected chi connectivity index (χ2v) is 6.24. The molecule has 0 radical (unpaired) electrons. The number of rotatable bonds is 3. The molecule has 0 amide bonds. The summed E-state index contributed by atoms with van der Waals surface area (Å²) in [5.41, 5.74) is 0. The van der Waals surface area contributed by atoms with Gasteiger partial charge in [-0.2, -0.15) is 0 Å². The quantitative estimate of drug-likeness (QED) is 0.925. The van der Waals surface area contributed by atoms with Gasteiger partial charge in [-0.15, -0.1) is 10.2 Å². The fraction of sp³-hybridized carbons (Fsp3) is 0.778. The van der Waals surface area contributed by atoms with Crippen molar-refractivity contribution in [3.05, 3.63) is 3.92 Å². The molecule has 84 valence electrons. The number of likely N-dealkylation sites (tertiary alicyclic amines) is 1. The summed E-state index contributed by atoms with van der Waals surface area (Å²) in [6.07, 6.45) is 2.56. The Morgan fingerprint density at radius 3 is 2.80 bits per heavy atom. The molecule has 6 heteroatoms. The Hall–Kier alpha value is -0.200. The van der Waals surface area contributed by atoms with Crippen LogP contribution in [0.1, 0.15) is 12.8 Å². The van der Waals surface area contributed by atoms with Crippen LogP contribution in [-0.2, 0) is 0 Å². The first-order chi connectivity index (χ1) is 7.24. The lowest BCUT2D eigenvalue weighted by atomic mass is 9.97. The highest BCUT2D eigenvalue weighted by molar-refractivity contribution is 9.11. The van der Waals surface area contributed by atoms with E-state index in [1.807, 2.05) is 0 Å². The molecule has 0 aliphatic carbocycles. The van der Waals surface area contributed by atoms with Crippen molar-refractivity contribution in [1.82, 2.24) is 15.1 Å². The predicted octanol–water partition coefficient (Wildman–Crippen LogP) is 2.05. The molecule has 1 aliphatic heterocycles. The van der Waals surface area contributed by atoms with Crippen LogP contribution in [0.4, 0.5) is 5.13 Å². The van der Waals surface area contributed by atoms with Gasteiger partial charge in [-0.3, -0.25) is 0 Å². The van der Waals surface area contributed by atoms with Crippen LogP contribution in [0, 0.1) is 5.92 Å². The van der Waals surface area contributed by atoms with E-state index in [-0.39, 0.29) is 0 Å². The van der Waals surface area contributed by atoms with Crippen molar-refractivity contribution in [2.45, 2.75) is 12.8 Å². The summed E-state index contributed by atoms with van der Waals surface area (Å²) in [7, 11) is 2.19. The summed E-state index contributed by atoms with van der Waals surface area (Å²) >= 11 is 4.85. The first-order valence-corrected chi connectivity index (χ1v) is 6.76. The van der Waals surface area contributed by atoms with E-state index in [0.29, 0.717) is 0 Å². The van der Waals surface area contributed by atoms with Gasteiger partial charge in [0.2, 0.25) is 5.13 Å². The van der Waals surface area contributed by atoms with E-state index in [1.54, 1.807) is 11.3 Å². The molecule has 1 aliphatic rings. The Morgan fingerprint density at radius 2 is 2.20 bits per heavy atom. The Kier molecular flexibility index (Phi) is 3.93. The fourth-order valence-corrected chi connectivity index (χ4v) is 2.79. The Bertz CT molecular complexity index is 309. The molecule has 1 N–H and O–H groups in total. The third-order valence-electron chi connectivity index (χ3n) is 2.78. The molecule has 1 aromatic rings. The van der Waals surface area contributed by atoms with Gasteiger partial charge in [-0.05, 0) is 54.8 Å².